The number of cyclic esters (lactones) is 2. The number of anilines is 1. The van der Waals surface area contributed by atoms with Crippen LogP contribution in [0.4, 0.5) is 23.2 Å². The van der Waals surface area contributed by atoms with Crippen LogP contribution in [0.1, 0.15) is 31.7 Å². The summed E-state index contributed by atoms with van der Waals surface area (Å²) in [5, 5.41) is 2.64. The summed E-state index contributed by atoms with van der Waals surface area (Å²) in [5.74, 6) is -4.78. The van der Waals surface area contributed by atoms with Gasteiger partial charge in [0.1, 0.15) is 24.7 Å². The fraction of sp³-hybridized carbons (Fsp3) is 0.474. The number of rotatable bonds is 3. The summed E-state index contributed by atoms with van der Waals surface area (Å²) in [7, 11) is 0. The van der Waals surface area contributed by atoms with Gasteiger partial charge in [0, 0.05) is 32.2 Å². The zero-order chi connectivity index (χ0) is 20.6. The molecule has 3 rings (SSSR count). The van der Waals surface area contributed by atoms with Gasteiger partial charge in [0.15, 0.2) is 5.57 Å². The van der Waals surface area contributed by atoms with Crippen molar-refractivity contribution in [2.75, 3.05) is 5.32 Å². The van der Waals surface area contributed by atoms with E-state index in [9.17, 15) is 27.2 Å². The lowest BCUT2D eigenvalue weighted by atomic mass is 9.79. The number of hydrogen-bond donors (Lipinski definition) is 1. The molecule has 1 N–H and O–H groups in total. The van der Waals surface area contributed by atoms with Crippen LogP contribution >= 0.6 is 0 Å². The van der Waals surface area contributed by atoms with Crippen LogP contribution in [-0.2, 0) is 19.1 Å². The van der Waals surface area contributed by atoms with Crippen molar-refractivity contribution in [1.29, 1.82) is 0 Å². The fourth-order valence-electron chi connectivity index (χ4n) is 3.24. The first-order valence-corrected chi connectivity index (χ1v) is 8.68. The van der Waals surface area contributed by atoms with E-state index in [0.717, 1.165) is 6.20 Å². The van der Waals surface area contributed by atoms with Crippen molar-refractivity contribution in [2.24, 2.45) is 0 Å². The molecule has 152 valence electrons. The van der Waals surface area contributed by atoms with Crippen LogP contribution in [0.3, 0.4) is 0 Å². The van der Waals surface area contributed by atoms with Crippen LogP contribution in [0.2, 0.25) is 0 Å². The molecule has 0 aromatic heterocycles. The van der Waals surface area contributed by atoms with Crippen LogP contribution in [-0.4, -0.2) is 42.4 Å². The average molecular weight is 401 g/mol. The Morgan fingerprint density at radius 2 is 1.61 bits per heavy atom. The van der Waals surface area contributed by atoms with Gasteiger partial charge in [-0.3, -0.25) is 0 Å². The van der Waals surface area contributed by atoms with Gasteiger partial charge >= 0.3 is 11.9 Å². The first-order chi connectivity index (χ1) is 13.1. The van der Waals surface area contributed by atoms with Crippen LogP contribution in [0.15, 0.2) is 36.0 Å². The van der Waals surface area contributed by atoms with E-state index in [4.69, 9.17) is 9.47 Å². The molecule has 0 spiro atoms. The van der Waals surface area contributed by atoms with Gasteiger partial charge in [-0.05, 0) is 17.7 Å². The first-order valence-electron chi connectivity index (χ1n) is 8.68. The number of carbonyl (C=O) groups excluding carboxylic acids is 2. The van der Waals surface area contributed by atoms with Gasteiger partial charge in [0.2, 0.25) is 0 Å². The molecule has 9 heteroatoms. The second-order valence-electron chi connectivity index (χ2n) is 7.19. The lowest BCUT2D eigenvalue weighted by molar-refractivity contribution is -0.222. The summed E-state index contributed by atoms with van der Waals surface area (Å²) in [6, 6.07) is 5.59. The Balaban J connectivity index is 1.80. The number of benzene rings is 1. The monoisotopic (exact) mass is 401 g/mol. The molecule has 0 bridgehead atoms. The summed E-state index contributed by atoms with van der Waals surface area (Å²) < 4.78 is 65.6. The highest BCUT2D eigenvalue weighted by Gasteiger charge is 2.47. The molecule has 5 nitrogen and oxygen atoms in total. The number of alkyl halides is 4. The molecule has 2 fully saturated rings. The Kier molecular flexibility index (Phi) is 5.36. The zero-order valence-corrected chi connectivity index (χ0v) is 15.1. The summed E-state index contributed by atoms with van der Waals surface area (Å²) in [6.45, 7) is 2.80. The molecular formula is C19H19F4NO4. The van der Waals surface area contributed by atoms with Crippen LogP contribution in [0.25, 0.3) is 0 Å². The molecule has 1 saturated carbocycles. The molecule has 1 heterocycles. The van der Waals surface area contributed by atoms with E-state index in [1.54, 1.807) is 0 Å². The molecule has 28 heavy (non-hydrogen) atoms. The van der Waals surface area contributed by atoms with E-state index < -0.39 is 60.3 Å². The number of nitrogens with one attached hydrogen (secondary N) is 1. The van der Waals surface area contributed by atoms with Crippen molar-refractivity contribution >= 4 is 17.6 Å². The first kappa shape index (κ1) is 20.2. The second-order valence-corrected chi connectivity index (χ2v) is 7.19. The topological polar surface area (TPSA) is 64.6 Å². The summed E-state index contributed by atoms with van der Waals surface area (Å²) in [6.07, 6.45) is -8.33. The van der Waals surface area contributed by atoms with Gasteiger partial charge in [0.25, 0.3) is 5.79 Å². The van der Waals surface area contributed by atoms with E-state index >= 15 is 0 Å². The standard InChI is InChI=1S/C19H19F4NO4/c1-19(2)27-17(25)11(18(26)28-19)8-24-10-5-3-4-9(6-10)14-15(22)12(20)7-13(21)16(14)23/h3-6,8,12-16,24H,7H2,1-2H3. The largest absolute Gasteiger partial charge is 0.419 e. The second kappa shape index (κ2) is 7.44. The average Bonchev–Trinajstić information content (AvgIpc) is 2.59. The zero-order valence-electron chi connectivity index (χ0n) is 15.1. The molecule has 4 unspecified atom stereocenters. The van der Waals surface area contributed by atoms with Crippen molar-refractivity contribution < 1.29 is 36.6 Å². The van der Waals surface area contributed by atoms with Crippen LogP contribution < -0.4 is 5.32 Å². The molecule has 1 aromatic carbocycles. The SMILES string of the molecule is CC1(C)OC(=O)C(=CNc2cccc(C3C(F)C(F)CC(F)C3F)c2)C(=O)O1. The van der Waals surface area contributed by atoms with Gasteiger partial charge in [0.05, 0.1) is 5.92 Å². The maximum Gasteiger partial charge on any atom is 0.350 e. The molecule has 2 aliphatic rings. The summed E-state index contributed by atoms with van der Waals surface area (Å²) in [5.41, 5.74) is -0.0867. The van der Waals surface area contributed by atoms with Crippen molar-refractivity contribution in [1.82, 2.24) is 0 Å². The minimum Gasteiger partial charge on any atom is -0.419 e. The number of esters is 2. The van der Waals surface area contributed by atoms with Crippen molar-refractivity contribution in [3.8, 4) is 0 Å². The van der Waals surface area contributed by atoms with Gasteiger partial charge in [-0.15, -0.1) is 0 Å². The highest BCUT2D eigenvalue weighted by Crippen LogP contribution is 2.40. The highest BCUT2D eigenvalue weighted by atomic mass is 19.2. The van der Waals surface area contributed by atoms with E-state index in [1.165, 1.54) is 38.1 Å². The lowest BCUT2D eigenvalue weighted by Crippen LogP contribution is -2.43. The third-order valence-electron chi connectivity index (χ3n) is 4.60. The van der Waals surface area contributed by atoms with Gasteiger partial charge in [-0.1, -0.05) is 12.1 Å². The molecular weight excluding hydrogens is 382 g/mol. The smallest absolute Gasteiger partial charge is 0.350 e. The minimum atomic E-state index is -2.18. The van der Waals surface area contributed by atoms with E-state index in [1.807, 2.05) is 0 Å². The van der Waals surface area contributed by atoms with E-state index in [2.05, 4.69) is 5.32 Å². The molecule has 1 aliphatic heterocycles. The van der Waals surface area contributed by atoms with Gasteiger partial charge < -0.3 is 14.8 Å². The Hall–Kier alpha value is -2.58. The number of carbonyl (C=O) groups is 2. The molecule has 1 aliphatic carbocycles. The van der Waals surface area contributed by atoms with Gasteiger partial charge in [-0.25, -0.2) is 27.2 Å². The lowest BCUT2D eigenvalue weighted by Gasteiger charge is -2.34. The molecule has 1 saturated heterocycles. The Bertz CT molecular complexity index is 777. The predicted molar refractivity (Wildman–Crippen MR) is 91.4 cm³/mol. The summed E-state index contributed by atoms with van der Waals surface area (Å²) >= 11 is 0. The normalized spacial score (nSPS) is 32.4. The Labute approximate surface area is 158 Å². The van der Waals surface area contributed by atoms with Crippen molar-refractivity contribution in [2.45, 2.75) is 56.7 Å². The van der Waals surface area contributed by atoms with E-state index in [0.29, 0.717) is 0 Å². The summed E-state index contributed by atoms with van der Waals surface area (Å²) in [4.78, 5) is 23.8. The van der Waals surface area contributed by atoms with Crippen LogP contribution in [0, 0.1) is 0 Å². The molecule has 4 atom stereocenters. The van der Waals surface area contributed by atoms with Crippen molar-refractivity contribution in [3.05, 3.63) is 41.6 Å². The van der Waals surface area contributed by atoms with Crippen LogP contribution in [0.5, 0.6) is 0 Å². The van der Waals surface area contributed by atoms with Crippen molar-refractivity contribution in [3.63, 3.8) is 0 Å². The quantitative estimate of drug-likeness (QED) is 0.363. The minimum absolute atomic E-state index is 0.0586. The third kappa shape index (κ3) is 3.98. The predicted octanol–water partition coefficient (Wildman–Crippen LogP) is 3.66. The maximum absolute atomic E-state index is 14.2. The Morgan fingerprint density at radius 1 is 1.04 bits per heavy atom. The fourth-order valence-corrected chi connectivity index (χ4v) is 3.24. The van der Waals surface area contributed by atoms with Gasteiger partial charge in [-0.2, -0.15) is 0 Å². The number of hydrogen-bond acceptors (Lipinski definition) is 5. The maximum atomic E-state index is 14.2. The molecule has 0 radical (unpaired) electrons. The number of halogens is 4. The Morgan fingerprint density at radius 3 is 2.18 bits per heavy atom. The third-order valence-corrected chi connectivity index (χ3v) is 4.60. The number of ether oxygens (including phenoxy) is 2. The highest BCUT2D eigenvalue weighted by molar-refractivity contribution is 6.15. The molecule has 0 amide bonds. The van der Waals surface area contributed by atoms with E-state index in [-0.39, 0.29) is 11.3 Å². The molecule has 1 aromatic rings.